The topological polar surface area (TPSA) is 72.4 Å². The minimum absolute atomic E-state index is 0. The summed E-state index contributed by atoms with van der Waals surface area (Å²) in [7, 11) is 0. The van der Waals surface area contributed by atoms with Crippen LogP contribution in [0.15, 0.2) is 47.2 Å². The number of amides is 1. The smallest absolute Gasteiger partial charge is 0.228 e. The Kier molecular flexibility index (Phi) is 6.87. The van der Waals surface area contributed by atoms with Gasteiger partial charge in [0.2, 0.25) is 5.91 Å². The number of nitrogens with zero attached hydrogens (tertiary/aromatic N) is 2. The Bertz CT molecular complexity index is 578. The van der Waals surface area contributed by atoms with Gasteiger partial charge in [0.05, 0.1) is 12.1 Å². The van der Waals surface area contributed by atoms with Gasteiger partial charge in [-0.15, -0.1) is 24.8 Å². The molecule has 1 aromatic heterocycles. The molecule has 0 spiro atoms. The van der Waals surface area contributed by atoms with E-state index in [9.17, 15) is 4.79 Å². The maximum Gasteiger partial charge on any atom is 0.228 e. The first-order valence-corrected chi connectivity index (χ1v) is 6.71. The van der Waals surface area contributed by atoms with Crippen molar-refractivity contribution < 1.29 is 9.32 Å². The van der Waals surface area contributed by atoms with Crippen LogP contribution in [0.1, 0.15) is 17.2 Å². The van der Waals surface area contributed by atoms with Crippen LogP contribution in [-0.2, 0) is 11.2 Å². The Labute approximate surface area is 141 Å². The molecule has 0 bridgehead atoms. The zero-order valence-corrected chi connectivity index (χ0v) is 13.6. The Hall–Kier alpha value is -1.56. The summed E-state index contributed by atoms with van der Waals surface area (Å²) in [6.07, 6.45) is 1.75. The highest BCUT2D eigenvalue weighted by atomic mass is 35.5. The fraction of sp³-hybridized carbons (Fsp3) is 0.333. The number of benzene rings is 1. The monoisotopic (exact) mass is 343 g/mol. The molecule has 22 heavy (non-hydrogen) atoms. The minimum atomic E-state index is -0.0151. The molecule has 2 heterocycles. The quantitative estimate of drug-likeness (QED) is 0.925. The molecule has 2 N–H and O–H groups in total. The van der Waals surface area contributed by atoms with Gasteiger partial charge >= 0.3 is 0 Å². The van der Waals surface area contributed by atoms with Gasteiger partial charge in [0.15, 0.2) is 0 Å². The lowest BCUT2D eigenvalue weighted by molar-refractivity contribution is -0.129. The van der Waals surface area contributed by atoms with Gasteiger partial charge in [0.1, 0.15) is 6.26 Å². The molecule has 1 aliphatic rings. The molecule has 0 aliphatic carbocycles. The molecule has 5 nitrogen and oxygen atoms in total. The number of nitrogens with two attached hydrogens (primary N) is 1. The second kappa shape index (κ2) is 8.17. The van der Waals surface area contributed by atoms with Gasteiger partial charge in [0, 0.05) is 31.1 Å². The number of rotatable bonds is 3. The van der Waals surface area contributed by atoms with E-state index in [1.54, 1.807) is 6.07 Å². The lowest BCUT2D eigenvalue weighted by Crippen LogP contribution is -2.33. The van der Waals surface area contributed by atoms with Gasteiger partial charge in [0.25, 0.3) is 0 Å². The van der Waals surface area contributed by atoms with Gasteiger partial charge in [-0.3, -0.25) is 4.79 Å². The number of carbonyl (C=O) groups excluding carboxylic acids is 1. The van der Waals surface area contributed by atoms with Crippen LogP contribution in [0, 0.1) is 0 Å². The first-order valence-electron chi connectivity index (χ1n) is 6.71. The largest absolute Gasteiger partial charge is 0.364 e. The average molecular weight is 344 g/mol. The Balaban J connectivity index is 0.00000121. The molecule has 2 atom stereocenters. The summed E-state index contributed by atoms with van der Waals surface area (Å²) < 4.78 is 4.74. The zero-order valence-electron chi connectivity index (χ0n) is 11.9. The summed E-state index contributed by atoms with van der Waals surface area (Å²) in [5.41, 5.74) is 8.03. The summed E-state index contributed by atoms with van der Waals surface area (Å²) in [4.78, 5) is 14.0. The van der Waals surface area contributed by atoms with E-state index in [1.807, 2.05) is 23.1 Å². The van der Waals surface area contributed by atoms with Crippen molar-refractivity contribution in [1.29, 1.82) is 0 Å². The van der Waals surface area contributed by atoms with Gasteiger partial charge in [-0.2, -0.15) is 0 Å². The van der Waals surface area contributed by atoms with E-state index in [0.717, 1.165) is 0 Å². The molecule has 1 aromatic carbocycles. The third-order valence-corrected chi connectivity index (χ3v) is 3.77. The van der Waals surface area contributed by atoms with Crippen molar-refractivity contribution in [3.05, 3.63) is 53.9 Å². The van der Waals surface area contributed by atoms with Crippen LogP contribution in [0.25, 0.3) is 0 Å². The fourth-order valence-corrected chi connectivity index (χ4v) is 2.68. The third kappa shape index (κ3) is 4.00. The predicted molar refractivity (Wildman–Crippen MR) is 88.4 cm³/mol. The normalized spacial score (nSPS) is 20.1. The second-order valence-corrected chi connectivity index (χ2v) is 5.15. The van der Waals surface area contributed by atoms with E-state index in [1.165, 1.54) is 11.8 Å². The molecule has 1 aliphatic heterocycles. The maximum atomic E-state index is 12.2. The van der Waals surface area contributed by atoms with Gasteiger partial charge < -0.3 is 15.2 Å². The summed E-state index contributed by atoms with van der Waals surface area (Å²) in [6.45, 7) is 1.26. The molecule has 120 valence electrons. The maximum absolute atomic E-state index is 12.2. The van der Waals surface area contributed by atoms with Crippen molar-refractivity contribution in [1.82, 2.24) is 10.1 Å². The lowest BCUT2D eigenvalue weighted by atomic mass is 9.95. The van der Waals surface area contributed by atoms with E-state index >= 15 is 0 Å². The standard InChI is InChI=1S/C15H17N3O2.2ClH/c16-14-10-18(15(19)8-12-6-7-20-17-12)9-13(14)11-4-2-1-3-5-11;;/h1-7,13-14H,8-10,16H2;2*1H/t13-,14+;;/m0../s1. The lowest BCUT2D eigenvalue weighted by Gasteiger charge is -2.15. The molecule has 0 saturated carbocycles. The van der Waals surface area contributed by atoms with E-state index in [2.05, 4.69) is 17.3 Å². The van der Waals surface area contributed by atoms with E-state index in [4.69, 9.17) is 10.3 Å². The summed E-state index contributed by atoms with van der Waals surface area (Å²) in [6, 6.07) is 11.8. The van der Waals surface area contributed by atoms with Crippen LogP contribution in [0.4, 0.5) is 0 Å². The van der Waals surface area contributed by atoms with Crippen molar-refractivity contribution in [3.8, 4) is 0 Å². The van der Waals surface area contributed by atoms with Crippen LogP contribution in [0.3, 0.4) is 0 Å². The summed E-state index contributed by atoms with van der Waals surface area (Å²) in [5, 5.41) is 3.77. The van der Waals surface area contributed by atoms with Crippen LogP contribution in [-0.4, -0.2) is 35.1 Å². The SMILES string of the molecule is Cl.Cl.N[C@@H]1CN(C(=O)Cc2ccon2)C[C@H]1c1ccccc1. The highest BCUT2D eigenvalue weighted by molar-refractivity contribution is 5.85. The van der Waals surface area contributed by atoms with Crippen molar-refractivity contribution >= 4 is 30.7 Å². The number of hydrogen-bond donors (Lipinski definition) is 1. The molecule has 1 amide bonds. The Morgan fingerprint density at radius 3 is 2.59 bits per heavy atom. The van der Waals surface area contributed by atoms with E-state index < -0.39 is 0 Å². The van der Waals surface area contributed by atoms with Crippen LogP contribution in [0.5, 0.6) is 0 Å². The van der Waals surface area contributed by atoms with Crippen LogP contribution in [0.2, 0.25) is 0 Å². The first kappa shape index (κ1) is 18.5. The summed E-state index contributed by atoms with van der Waals surface area (Å²) >= 11 is 0. The van der Waals surface area contributed by atoms with Crippen molar-refractivity contribution in [2.75, 3.05) is 13.1 Å². The Morgan fingerprint density at radius 2 is 1.95 bits per heavy atom. The molecule has 0 radical (unpaired) electrons. The average Bonchev–Trinajstić information content (AvgIpc) is 3.09. The number of hydrogen-bond acceptors (Lipinski definition) is 4. The second-order valence-electron chi connectivity index (χ2n) is 5.15. The fourth-order valence-electron chi connectivity index (χ4n) is 2.68. The van der Waals surface area contributed by atoms with Gasteiger partial charge in [-0.1, -0.05) is 35.5 Å². The molecular formula is C15H19Cl2N3O2. The molecular weight excluding hydrogens is 325 g/mol. The molecule has 1 saturated heterocycles. The number of aromatic nitrogens is 1. The van der Waals surface area contributed by atoms with Gasteiger partial charge in [-0.25, -0.2) is 0 Å². The van der Waals surface area contributed by atoms with Crippen LogP contribution < -0.4 is 5.73 Å². The van der Waals surface area contributed by atoms with Gasteiger partial charge in [-0.05, 0) is 5.56 Å². The first-order chi connectivity index (χ1) is 9.74. The number of halogens is 2. The molecule has 1 fully saturated rings. The van der Waals surface area contributed by atoms with Crippen molar-refractivity contribution in [2.24, 2.45) is 5.73 Å². The highest BCUT2D eigenvalue weighted by Crippen LogP contribution is 2.26. The van der Waals surface area contributed by atoms with Crippen LogP contribution >= 0.6 is 24.8 Å². The van der Waals surface area contributed by atoms with Crippen molar-refractivity contribution in [3.63, 3.8) is 0 Å². The molecule has 7 heteroatoms. The summed E-state index contributed by atoms with van der Waals surface area (Å²) in [5.74, 6) is 0.255. The number of likely N-dealkylation sites (tertiary alicyclic amines) is 1. The third-order valence-electron chi connectivity index (χ3n) is 3.77. The number of carbonyl (C=O) groups is 1. The Morgan fingerprint density at radius 1 is 1.23 bits per heavy atom. The van der Waals surface area contributed by atoms with E-state index in [0.29, 0.717) is 18.8 Å². The molecule has 0 unspecified atom stereocenters. The molecule has 3 rings (SSSR count). The van der Waals surface area contributed by atoms with E-state index in [-0.39, 0.29) is 49.1 Å². The highest BCUT2D eigenvalue weighted by Gasteiger charge is 2.33. The minimum Gasteiger partial charge on any atom is -0.364 e. The zero-order chi connectivity index (χ0) is 13.9. The molecule has 2 aromatic rings. The predicted octanol–water partition coefficient (Wildman–Crippen LogP) is 2.01. The van der Waals surface area contributed by atoms with Crippen molar-refractivity contribution in [2.45, 2.75) is 18.4 Å².